The highest BCUT2D eigenvalue weighted by molar-refractivity contribution is 5.84. The maximum absolute atomic E-state index is 11.9. The lowest BCUT2D eigenvalue weighted by Crippen LogP contribution is -2.11. The van der Waals surface area contributed by atoms with Gasteiger partial charge in [-0.1, -0.05) is 88.6 Å². The molecule has 0 bridgehead atoms. The van der Waals surface area contributed by atoms with E-state index >= 15 is 0 Å². The van der Waals surface area contributed by atoms with Crippen LogP contribution in [-0.4, -0.2) is 10.9 Å². The Morgan fingerprint density at radius 2 is 1.43 bits per heavy atom. The molecule has 1 aromatic carbocycles. The van der Waals surface area contributed by atoms with Gasteiger partial charge in [0.2, 0.25) is 0 Å². The van der Waals surface area contributed by atoms with Crippen LogP contribution in [0.25, 0.3) is 0 Å². The van der Waals surface area contributed by atoms with Crippen LogP contribution in [0, 0.1) is 0 Å². The zero-order valence-corrected chi connectivity index (χ0v) is 13.4. The molecule has 21 heavy (non-hydrogen) atoms. The Kier molecular flexibility index (Phi) is 9.81. The zero-order valence-electron chi connectivity index (χ0n) is 13.4. The Hall–Kier alpha value is -1.15. The molecule has 118 valence electrons. The van der Waals surface area contributed by atoms with Crippen molar-refractivity contribution in [1.82, 2.24) is 0 Å². The van der Waals surface area contributed by atoms with Gasteiger partial charge in [0.1, 0.15) is 6.10 Å². The molecule has 0 aliphatic rings. The summed E-state index contributed by atoms with van der Waals surface area (Å²) in [6.45, 7) is 2.24. The summed E-state index contributed by atoms with van der Waals surface area (Å²) in [6.07, 6.45) is 10.7. The van der Waals surface area contributed by atoms with E-state index < -0.39 is 6.10 Å². The van der Waals surface area contributed by atoms with Crippen LogP contribution in [-0.2, 0) is 4.79 Å². The largest absolute Gasteiger partial charge is 0.381 e. The molecule has 0 heterocycles. The first-order valence-corrected chi connectivity index (χ1v) is 8.51. The minimum atomic E-state index is -0.944. The summed E-state index contributed by atoms with van der Waals surface area (Å²) >= 11 is 0. The highest BCUT2D eigenvalue weighted by Gasteiger charge is 2.15. The predicted octanol–water partition coefficient (Wildman–Crippen LogP) is 5.21. The van der Waals surface area contributed by atoms with Crippen LogP contribution in [0.5, 0.6) is 0 Å². The molecule has 0 aromatic heterocycles. The Bertz CT molecular complexity index is 372. The molecule has 0 spiro atoms. The number of carbonyl (C=O) groups excluding carboxylic acids is 1. The van der Waals surface area contributed by atoms with E-state index in [4.69, 9.17) is 0 Å². The van der Waals surface area contributed by atoms with Crippen molar-refractivity contribution in [2.24, 2.45) is 0 Å². The van der Waals surface area contributed by atoms with Gasteiger partial charge >= 0.3 is 0 Å². The lowest BCUT2D eigenvalue weighted by molar-refractivity contribution is -0.127. The zero-order chi connectivity index (χ0) is 15.3. The van der Waals surface area contributed by atoms with Gasteiger partial charge in [0, 0.05) is 6.42 Å². The summed E-state index contributed by atoms with van der Waals surface area (Å²) in [5, 5.41) is 9.96. The fraction of sp³-hybridized carbons (Fsp3) is 0.632. The molecule has 1 N–H and O–H groups in total. The van der Waals surface area contributed by atoms with Gasteiger partial charge in [-0.25, -0.2) is 0 Å². The Labute approximate surface area is 129 Å². The average molecular weight is 290 g/mol. The molecule has 0 aliphatic heterocycles. The van der Waals surface area contributed by atoms with E-state index in [9.17, 15) is 9.90 Å². The molecule has 1 atom stereocenters. The molecule has 1 aromatic rings. The number of Topliss-reactive ketones (excluding diaryl/α,β-unsaturated/α-hetero) is 1. The number of carbonyl (C=O) groups is 1. The number of unbranched alkanes of at least 4 members (excludes halogenated alkanes) is 8. The number of ketones is 1. The molecule has 0 aliphatic carbocycles. The van der Waals surface area contributed by atoms with Crippen LogP contribution in [0.1, 0.15) is 82.8 Å². The van der Waals surface area contributed by atoms with E-state index in [0.29, 0.717) is 12.0 Å². The average Bonchev–Trinajstić information content (AvgIpc) is 2.53. The lowest BCUT2D eigenvalue weighted by Gasteiger charge is -2.09. The number of rotatable bonds is 12. The first kappa shape index (κ1) is 17.9. The standard InChI is InChI=1S/C19H30O2/c1-2-3-4-5-6-7-8-9-13-16-18(20)19(21)17-14-11-10-12-15-17/h10-12,14-15,19,21H,2-9,13,16H2,1H3. The Morgan fingerprint density at radius 3 is 2.00 bits per heavy atom. The molecule has 0 radical (unpaired) electrons. The molecule has 2 heteroatoms. The molecule has 0 amide bonds. The third kappa shape index (κ3) is 8.01. The van der Waals surface area contributed by atoms with Crippen LogP contribution < -0.4 is 0 Å². The number of benzene rings is 1. The lowest BCUT2D eigenvalue weighted by atomic mass is 10.0. The van der Waals surface area contributed by atoms with E-state index in [1.165, 1.54) is 44.9 Å². The van der Waals surface area contributed by atoms with Gasteiger partial charge in [-0.3, -0.25) is 4.79 Å². The minimum absolute atomic E-state index is 0.0517. The van der Waals surface area contributed by atoms with E-state index in [-0.39, 0.29) is 5.78 Å². The first-order valence-electron chi connectivity index (χ1n) is 8.51. The smallest absolute Gasteiger partial charge is 0.165 e. The van der Waals surface area contributed by atoms with Crippen LogP contribution in [0.4, 0.5) is 0 Å². The van der Waals surface area contributed by atoms with E-state index in [2.05, 4.69) is 6.92 Å². The van der Waals surface area contributed by atoms with Crippen LogP contribution in [0.2, 0.25) is 0 Å². The molecule has 1 unspecified atom stereocenters. The summed E-state index contributed by atoms with van der Waals surface area (Å²) in [7, 11) is 0. The second-order valence-electron chi connectivity index (χ2n) is 5.86. The topological polar surface area (TPSA) is 37.3 Å². The highest BCUT2D eigenvalue weighted by Crippen LogP contribution is 2.17. The second-order valence-corrected chi connectivity index (χ2v) is 5.86. The first-order chi connectivity index (χ1) is 10.3. The van der Waals surface area contributed by atoms with Crippen molar-refractivity contribution in [3.63, 3.8) is 0 Å². The monoisotopic (exact) mass is 290 g/mol. The van der Waals surface area contributed by atoms with Gasteiger partial charge in [0.25, 0.3) is 0 Å². The van der Waals surface area contributed by atoms with Crippen LogP contribution in [0.3, 0.4) is 0 Å². The van der Waals surface area contributed by atoms with Gasteiger partial charge in [-0.15, -0.1) is 0 Å². The number of hydrogen-bond acceptors (Lipinski definition) is 2. The van der Waals surface area contributed by atoms with Gasteiger partial charge in [-0.05, 0) is 12.0 Å². The quantitative estimate of drug-likeness (QED) is 0.536. The summed E-state index contributed by atoms with van der Waals surface area (Å²) in [4.78, 5) is 11.9. The molecule has 0 saturated carbocycles. The summed E-state index contributed by atoms with van der Waals surface area (Å²) in [5.41, 5.74) is 0.707. The highest BCUT2D eigenvalue weighted by atomic mass is 16.3. The summed E-state index contributed by atoms with van der Waals surface area (Å²) in [5.74, 6) is -0.0517. The van der Waals surface area contributed by atoms with Crippen molar-refractivity contribution in [3.8, 4) is 0 Å². The predicted molar refractivity (Wildman–Crippen MR) is 88.3 cm³/mol. The third-order valence-electron chi connectivity index (χ3n) is 3.95. The van der Waals surface area contributed by atoms with Crippen molar-refractivity contribution in [1.29, 1.82) is 0 Å². The van der Waals surface area contributed by atoms with Crippen molar-refractivity contribution in [2.75, 3.05) is 0 Å². The fourth-order valence-electron chi connectivity index (χ4n) is 2.57. The van der Waals surface area contributed by atoms with Gasteiger partial charge in [0.05, 0.1) is 0 Å². The summed E-state index contributed by atoms with van der Waals surface area (Å²) < 4.78 is 0. The molecule has 2 nitrogen and oxygen atoms in total. The SMILES string of the molecule is CCCCCCCCCCCC(=O)C(O)c1ccccc1. The second kappa shape index (κ2) is 11.5. The fourth-order valence-corrected chi connectivity index (χ4v) is 2.57. The minimum Gasteiger partial charge on any atom is -0.381 e. The van der Waals surface area contributed by atoms with Crippen molar-refractivity contribution in [3.05, 3.63) is 35.9 Å². The van der Waals surface area contributed by atoms with Crippen molar-refractivity contribution >= 4 is 5.78 Å². The van der Waals surface area contributed by atoms with Crippen molar-refractivity contribution in [2.45, 2.75) is 77.2 Å². The number of aliphatic hydroxyl groups excluding tert-OH is 1. The molecular weight excluding hydrogens is 260 g/mol. The third-order valence-corrected chi connectivity index (χ3v) is 3.95. The molecular formula is C19H30O2. The van der Waals surface area contributed by atoms with Gasteiger partial charge in [-0.2, -0.15) is 0 Å². The van der Waals surface area contributed by atoms with E-state index in [0.717, 1.165) is 12.8 Å². The maximum atomic E-state index is 11.9. The molecule has 1 rings (SSSR count). The molecule has 0 saturated heterocycles. The Morgan fingerprint density at radius 1 is 0.905 bits per heavy atom. The van der Waals surface area contributed by atoms with Crippen LogP contribution >= 0.6 is 0 Å². The van der Waals surface area contributed by atoms with Gasteiger partial charge < -0.3 is 5.11 Å². The van der Waals surface area contributed by atoms with E-state index in [1.54, 1.807) is 12.1 Å². The summed E-state index contributed by atoms with van der Waals surface area (Å²) in [6, 6.07) is 9.20. The van der Waals surface area contributed by atoms with E-state index in [1.807, 2.05) is 18.2 Å². The van der Waals surface area contributed by atoms with Crippen molar-refractivity contribution < 1.29 is 9.90 Å². The normalized spacial score (nSPS) is 12.3. The molecule has 0 fully saturated rings. The Balaban J connectivity index is 2.03. The number of aliphatic hydroxyl groups is 1. The van der Waals surface area contributed by atoms with Crippen LogP contribution in [0.15, 0.2) is 30.3 Å². The number of hydrogen-bond donors (Lipinski definition) is 1. The van der Waals surface area contributed by atoms with Gasteiger partial charge in [0.15, 0.2) is 5.78 Å². The maximum Gasteiger partial charge on any atom is 0.165 e.